The van der Waals surface area contributed by atoms with Gasteiger partial charge in [-0.3, -0.25) is 10.1 Å². The van der Waals surface area contributed by atoms with Gasteiger partial charge in [-0.05, 0) is 48.3 Å². The molecule has 0 radical (unpaired) electrons. The van der Waals surface area contributed by atoms with Crippen LogP contribution >= 0.6 is 24.0 Å². The van der Waals surface area contributed by atoms with Gasteiger partial charge in [-0.1, -0.05) is 30.3 Å². The van der Waals surface area contributed by atoms with E-state index in [4.69, 9.17) is 17.0 Å². The Balaban J connectivity index is 1.83. The lowest BCUT2D eigenvalue weighted by molar-refractivity contribution is -0.115. The first-order valence-electron chi connectivity index (χ1n) is 7.65. The summed E-state index contributed by atoms with van der Waals surface area (Å²) >= 11 is 6.85. The average Bonchev–Trinajstić information content (AvgIpc) is 2.65. The number of hydrogen-bond donors (Lipinski definition) is 2. The first-order chi connectivity index (χ1) is 12.1. The minimum absolute atomic E-state index is 0.291. The van der Waals surface area contributed by atoms with Crippen LogP contribution < -0.4 is 15.4 Å². The van der Waals surface area contributed by atoms with Crippen LogP contribution in [0.15, 0.2) is 59.5 Å². The summed E-state index contributed by atoms with van der Waals surface area (Å²) in [5.74, 6) is 0.419. The highest BCUT2D eigenvalue weighted by atomic mass is 32.2. The van der Waals surface area contributed by atoms with E-state index in [2.05, 4.69) is 22.8 Å². The Morgan fingerprint density at radius 3 is 2.60 bits per heavy atom. The first kappa shape index (κ1) is 19.0. The lowest BCUT2D eigenvalue weighted by Crippen LogP contribution is -2.37. The number of benzene rings is 2. The van der Waals surface area contributed by atoms with E-state index < -0.39 is 0 Å². The Morgan fingerprint density at radius 2 is 1.92 bits per heavy atom. The number of methoxy groups -OCH3 is 1. The topological polar surface area (TPSA) is 50.4 Å². The van der Waals surface area contributed by atoms with Gasteiger partial charge in [-0.15, -0.1) is 11.8 Å². The van der Waals surface area contributed by atoms with Gasteiger partial charge in [0.25, 0.3) is 0 Å². The minimum Gasteiger partial charge on any atom is -0.496 e. The minimum atomic E-state index is -0.291. The molecule has 2 aromatic carbocycles. The predicted molar refractivity (Wildman–Crippen MR) is 108 cm³/mol. The smallest absolute Gasteiger partial charge is 0.250 e. The van der Waals surface area contributed by atoms with Gasteiger partial charge < -0.3 is 10.1 Å². The van der Waals surface area contributed by atoms with Crippen LogP contribution in [0.1, 0.15) is 11.1 Å². The zero-order valence-electron chi connectivity index (χ0n) is 14.1. The maximum Gasteiger partial charge on any atom is 0.250 e. The van der Waals surface area contributed by atoms with Crippen molar-refractivity contribution in [2.75, 3.05) is 13.4 Å². The monoisotopic (exact) mass is 372 g/mol. The largest absolute Gasteiger partial charge is 0.496 e. The van der Waals surface area contributed by atoms with Crippen LogP contribution in [0.5, 0.6) is 5.75 Å². The number of hydrogen-bond acceptors (Lipinski definition) is 4. The Morgan fingerprint density at radius 1 is 1.20 bits per heavy atom. The molecule has 25 heavy (non-hydrogen) atoms. The fourth-order valence-corrected chi connectivity index (χ4v) is 2.67. The molecule has 0 fully saturated rings. The van der Waals surface area contributed by atoms with Gasteiger partial charge in [-0.2, -0.15) is 0 Å². The number of thiocarbonyl (C=S) groups is 1. The molecule has 2 N–H and O–H groups in total. The van der Waals surface area contributed by atoms with Crippen LogP contribution in [-0.4, -0.2) is 24.4 Å². The molecule has 2 aromatic rings. The van der Waals surface area contributed by atoms with Crippen LogP contribution in [0.25, 0.3) is 6.08 Å². The molecule has 0 aliphatic heterocycles. The molecule has 0 spiro atoms. The second kappa shape index (κ2) is 9.86. The quantitative estimate of drug-likeness (QED) is 0.461. The van der Waals surface area contributed by atoms with Crippen molar-refractivity contribution >= 4 is 41.1 Å². The number of amides is 1. The zero-order chi connectivity index (χ0) is 18.1. The van der Waals surface area contributed by atoms with E-state index in [1.54, 1.807) is 24.9 Å². The number of carbonyl (C=O) groups excluding carboxylic acids is 1. The molecule has 0 unspecified atom stereocenters. The molecule has 2 rings (SSSR count). The van der Waals surface area contributed by atoms with Crippen LogP contribution in [0.2, 0.25) is 0 Å². The average molecular weight is 373 g/mol. The van der Waals surface area contributed by atoms with E-state index in [1.807, 2.05) is 42.7 Å². The summed E-state index contributed by atoms with van der Waals surface area (Å²) in [5, 5.41) is 5.95. The van der Waals surface area contributed by atoms with Crippen molar-refractivity contribution < 1.29 is 9.53 Å². The maximum atomic E-state index is 12.0. The van der Waals surface area contributed by atoms with Crippen molar-refractivity contribution in [1.29, 1.82) is 0 Å². The predicted octanol–water partition coefficient (Wildman–Crippen LogP) is 3.62. The summed E-state index contributed by atoms with van der Waals surface area (Å²) in [4.78, 5) is 13.2. The third-order valence-electron chi connectivity index (χ3n) is 3.40. The van der Waals surface area contributed by atoms with Crippen molar-refractivity contribution in [3.8, 4) is 5.75 Å². The van der Waals surface area contributed by atoms with E-state index in [-0.39, 0.29) is 5.91 Å². The molecular weight excluding hydrogens is 352 g/mol. The van der Waals surface area contributed by atoms with Gasteiger partial charge in [0, 0.05) is 23.1 Å². The molecule has 0 saturated carbocycles. The SMILES string of the molecule is COc1ccccc1/C=C/C(=O)NC(=S)NCc1ccc(SC)cc1. The molecule has 6 heteroatoms. The van der Waals surface area contributed by atoms with E-state index in [0.717, 1.165) is 11.1 Å². The van der Waals surface area contributed by atoms with Crippen LogP contribution in [0.4, 0.5) is 0 Å². The molecule has 0 saturated heterocycles. The van der Waals surface area contributed by atoms with Crippen LogP contribution in [-0.2, 0) is 11.3 Å². The molecular formula is C19H20N2O2S2. The summed E-state index contributed by atoms with van der Waals surface area (Å²) in [6.45, 7) is 0.560. The zero-order valence-corrected chi connectivity index (χ0v) is 15.7. The molecule has 4 nitrogen and oxygen atoms in total. The van der Waals surface area contributed by atoms with Gasteiger partial charge in [0.05, 0.1) is 7.11 Å². The van der Waals surface area contributed by atoms with Crippen molar-refractivity contribution in [2.24, 2.45) is 0 Å². The van der Waals surface area contributed by atoms with Gasteiger partial charge in [-0.25, -0.2) is 0 Å². The summed E-state index contributed by atoms with van der Waals surface area (Å²) in [6.07, 6.45) is 5.16. The molecule has 0 heterocycles. The number of carbonyl (C=O) groups is 1. The highest BCUT2D eigenvalue weighted by Gasteiger charge is 2.02. The highest BCUT2D eigenvalue weighted by Crippen LogP contribution is 2.18. The third-order valence-corrected chi connectivity index (χ3v) is 4.39. The van der Waals surface area contributed by atoms with E-state index >= 15 is 0 Å². The molecule has 130 valence electrons. The van der Waals surface area contributed by atoms with Crippen molar-refractivity contribution in [2.45, 2.75) is 11.4 Å². The maximum absolute atomic E-state index is 12.0. The standard InChI is InChI=1S/C19H20N2O2S2/c1-23-17-6-4-3-5-15(17)9-12-18(22)21-19(24)20-13-14-7-10-16(25-2)11-8-14/h3-12H,13H2,1-2H3,(H2,20,21,22,24)/b12-9+. The van der Waals surface area contributed by atoms with Crippen LogP contribution in [0.3, 0.4) is 0 Å². The number of ether oxygens (including phenoxy) is 1. The highest BCUT2D eigenvalue weighted by molar-refractivity contribution is 7.98. The number of nitrogens with one attached hydrogen (secondary N) is 2. The Hall–Kier alpha value is -2.31. The summed E-state index contributed by atoms with van der Waals surface area (Å²) in [5.41, 5.74) is 1.92. The lowest BCUT2D eigenvalue weighted by Gasteiger charge is -2.08. The molecule has 1 amide bonds. The fraction of sp³-hybridized carbons (Fsp3) is 0.158. The summed E-state index contributed by atoms with van der Waals surface area (Å²) in [7, 11) is 1.59. The second-order valence-electron chi connectivity index (χ2n) is 5.10. The third kappa shape index (κ3) is 6.25. The van der Waals surface area contributed by atoms with Gasteiger partial charge in [0.15, 0.2) is 5.11 Å². The van der Waals surface area contributed by atoms with Gasteiger partial charge in [0.2, 0.25) is 5.91 Å². The molecule has 0 atom stereocenters. The Kier molecular flexibility index (Phi) is 7.50. The normalized spacial score (nSPS) is 10.5. The van der Waals surface area contributed by atoms with Crippen molar-refractivity contribution in [1.82, 2.24) is 10.6 Å². The summed E-state index contributed by atoms with van der Waals surface area (Å²) < 4.78 is 5.24. The second-order valence-corrected chi connectivity index (χ2v) is 6.38. The first-order valence-corrected chi connectivity index (χ1v) is 9.28. The Labute approximate surface area is 157 Å². The van der Waals surface area contributed by atoms with E-state index in [1.165, 1.54) is 11.0 Å². The molecule has 0 aliphatic rings. The van der Waals surface area contributed by atoms with Crippen molar-refractivity contribution in [3.05, 3.63) is 65.7 Å². The fourth-order valence-electron chi connectivity index (χ4n) is 2.09. The number of thioether (sulfide) groups is 1. The van der Waals surface area contributed by atoms with E-state index in [9.17, 15) is 4.79 Å². The molecule has 0 bridgehead atoms. The van der Waals surface area contributed by atoms with Gasteiger partial charge >= 0.3 is 0 Å². The molecule has 0 aliphatic carbocycles. The van der Waals surface area contributed by atoms with Crippen LogP contribution in [0, 0.1) is 0 Å². The molecule has 0 aromatic heterocycles. The Bertz CT molecular complexity index is 758. The lowest BCUT2D eigenvalue weighted by atomic mass is 10.2. The van der Waals surface area contributed by atoms with Crippen molar-refractivity contribution in [3.63, 3.8) is 0 Å². The van der Waals surface area contributed by atoms with Gasteiger partial charge in [0.1, 0.15) is 5.75 Å². The van der Waals surface area contributed by atoms with E-state index in [0.29, 0.717) is 17.4 Å². The number of para-hydroxylation sites is 1. The summed E-state index contributed by atoms with van der Waals surface area (Å²) in [6, 6.07) is 15.6. The number of rotatable bonds is 6.